The van der Waals surface area contributed by atoms with Crippen LogP contribution in [0.2, 0.25) is 0 Å². The molecule has 1 aromatic carbocycles. The van der Waals surface area contributed by atoms with Crippen LogP contribution in [0.25, 0.3) is 0 Å². The van der Waals surface area contributed by atoms with Crippen LogP contribution in [-0.4, -0.2) is 46.7 Å². The van der Waals surface area contributed by atoms with Crippen molar-refractivity contribution in [2.45, 2.75) is 31.3 Å². The molecule has 1 aliphatic heterocycles. The molecule has 1 amide bonds. The molecule has 3 aliphatic rings. The summed E-state index contributed by atoms with van der Waals surface area (Å²) >= 11 is 0. The number of aliphatic hydroxyl groups is 1. The maximum Gasteiger partial charge on any atom is 0.225 e. The molecule has 5 rings (SSSR count). The molecule has 2 saturated carbocycles. The van der Waals surface area contributed by atoms with E-state index in [1.807, 2.05) is 23.1 Å². The largest absolute Gasteiger partial charge is 0.391 e. The van der Waals surface area contributed by atoms with Crippen LogP contribution < -0.4 is 10.2 Å². The van der Waals surface area contributed by atoms with E-state index in [2.05, 4.69) is 27.4 Å². The van der Waals surface area contributed by atoms with E-state index in [4.69, 9.17) is 0 Å². The fraction of sp³-hybridized carbons (Fsp3) is 0.500. The molecule has 4 atom stereocenters. The van der Waals surface area contributed by atoms with Gasteiger partial charge in [0.25, 0.3) is 0 Å². The molecule has 1 aromatic heterocycles. The highest BCUT2D eigenvalue weighted by Gasteiger charge is 2.71. The van der Waals surface area contributed by atoms with Gasteiger partial charge in [-0.2, -0.15) is 0 Å². The Balaban J connectivity index is 1.37. The first-order valence-electron chi connectivity index (χ1n) is 10.3. The highest BCUT2D eigenvalue weighted by Crippen LogP contribution is 2.68. The molecule has 2 heterocycles. The van der Waals surface area contributed by atoms with Crippen molar-refractivity contribution in [1.29, 1.82) is 0 Å². The number of halogens is 1. The van der Waals surface area contributed by atoms with Gasteiger partial charge in [-0.25, -0.2) is 14.4 Å². The number of amides is 1. The minimum Gasteiger partial charge on any atom is -0.391 e. The third kappa shape index (κ3) is 3.08. The number of β-amino-alcohol motifs (C(OH)–C–C–N with tert-alkyl or cyclic N) is 1. The van der Waals surface area contributed by atoms with Gasteiger partial charge in [0.05, 0.1) is 18.5 Å². The molecule has 0 unspecified atom stereocenters. The van der Waals surface area contributed by atoms with Crippen molar-refractivity contribution in [1.82, 2.24) is 15.3 Å². The Hall–Kier alpha value is -2.54. The number of rotatable bonds is 5. The van der Waals surface area contributed by atoms with E-state index in [1.165, 1.54) is 5.56 Å². The Bertz CT molecular complexity index is 889. The van der Waals surface area contributed by atoms with Crippen molar-refractivity contribution in [3.05, 3.63) is 54.1 Å². The normalized spacial score (nSPS) is 31.0. The van der Waals surface area contributed by atoms with Crippen LogP contribution in [0.15, 0.2) is 42.7 Å². The first-order valence-corrected chi connectivity index (χ1v) is 10.3. The first kappa shape index (κ1) is 18.5. The van der Waals surface area contributed by atoms with Gasteiger partial charge in [0, 0.05) is 31.0 Å². The van der Waals surface area contributed by atoms with E-state index in [1.54, 1.807) is 0 Å². The Morgan fingerprint density at radius 2 is 1.97 bits per heavy atom. The smallest absolute Gasteiger partial charge is 0.225 e. The molecule has 152 valence electrons. The fourth-order valence-corrected chi connectivity index (χ4v) is 5.25. The van der Waals surface area contributed by atoms with E-state index in [-0.39, 0.29) is 29.1 Å². The van der Waals surface area contributed by atoms with E-state index < -0.39 is 11.9 Å². The summed E-state index contributed by atoms with van der Waals surface area (Å²) in [6.45, 7) is 1.55. The van der Waals surface area contributed by atoms with Crippen LogP contribution >= 0.6 is 0 Å². The minimum absolute atomic E-state index is 0.135. The van der Waals surface area contributed by atoms with Gasteiger partial charge in [0.15, 0.2) is 5.82 Å². The Morgan fingerprint density at radius 3 is 2.62 bits per heavy atom. The zero-order valence-corrected chi connectivity index (χ0v) is 16.2. The average molecular weight is 396 g/mol. The summed E-state index contributed by atoms with van der Waals surface area (Å²) in [6, 6.07) is 10.2. The van der Waals surface area contributed by atoms with E-state index >= 15 is 0 Å². The molecule has 1 spiro atoms. The van der Waals surface area contributed by atoms with E-state index in [0.29, 0.717) is 25.6 Å². The number of aromatic nitrogens is 2. The van der Waals surface area contributed by atoms with Gasteiger partial charge in [-0.15, -0.1) is 0 Å². The summed E-state index contributed by atoms with van der Waals surface area (Å²) in [5.74, 6) is 0.542. The van der Waals surface area contributed by atoms with Gasteiger partial charge >= 0.3 is 0 Å². The van der Waals surface area contributed by atoms with Crippen LogP contribution in [-0.2, 0) is 4.79 Å². The lowest BCUT2D eigenvalue weighted by atomic mass is 9.85. The van der Waals surface area contributed by atoms with Crippen molar-refractivity contribution in [2.24, 2.45) is 17.3 Å². The van der Waals surface area contributed by atoms with E-state index in [9.17, 15) is 14.3 Å². The first-order chi connectivity index (χ1) is 14.1. The summed E-state index contributed by atoms with van der Waals surface area (Å²) in [5.41, 5.74) is 0.822. The third-order valence-corrected chi connectivity index (χ3v) is 7.06. The highest BCUT2D eigenvalue weighted by atomic mass is 19.1. The second kappa shape index (κ2) is 7.06. The lowest BCUT2D eigenvalue weighted by molar-refractivity contribution is -0.127. The molecule has 1 saturated heterocycles. The van der Waals surface area contributed by atoms with Gasteiger partial charge < -0.3 is 15.3 Å². The molecule has 2 N–H and O–H groups in total. The molecule has 2 aromatic rings. The third-order valence-electron chi connectivity index (χ3n) is 7.06. The topological polar surface area (TPSA) is 78.4 Å². The molecular formula is C22H25FN4O2. The van der Waals surface area contributed by atoms with Gasteiger partial charge in [-0.05, 0) is 30.2 Å². The number of nitrogens with zero attached hydrogens (tertiary/aromatic N) is 3. The van der Waals surface area contributed by atoms with Gasteiger partial charge in [0.2, 0.25) is 11.9 Å². The molecule has 3 fully saturated rings. The standard InChI is InChI=1S/C22H25FN4O2/c23-16-9-25-21(26-10-16)27-12-18(28)22(13-27)17(11-24-20(29)15-7-4-8-15)19(22)14-5-2-1-3-6-14/h1-3,5-6,9-10,15,17-19,28H,4,7-8,11-13H2,(H,24,29)/t17-,18-,19-,22-/m1/s1. The number of nitrogens with one attached hydrogen (secondary N) is 1. The monoisotopic (exact) mass is 396 g/mol. The Labute approximate surface area is 169 Å². The molecule has 7 heteroatoms. The lowest BCUT2D eigenvalue weighted by Crippen LogP contribution is -2.37. The number of carbonyl (C=O) groups excluding carboxylic acids is 1. The fourth-order valence-electron chi connectivity index (χ4n) is 5.25. The number of aliphatic hydroxyl groups excluding tert-OH is 1. The number of hydrogen-bond acceptors (Lipinski definition) is 5. The number of benzene rings is 1. The van der Waals surface area contributed by atoms with Crippen molar-refractivity contribution in [3.63, 3.8) is 0 Å². The van der Waals surface area contributed by atoms with Crippen LogP contribution in [0.3, 0.4) is 0 Å². The SMILES string of the molecule is O=C(NC[C@@H]1[C@@H](c2ccccc2)[C@]12CN(c1ncc(F)cn1)C[C@H]2O)C1CCC1. The maximum absolute atomic E-state index is 13.2. The van der Waals surface area contributed by atoms with Crippen LogP contribution in [0.1, 0.15) is 30.7 Å². The quantitative estimate of drug-likeness (QED) is 0.809. The summed E-state index contributed by atoms with van der Waals surface area (Å²) in [6.07, 6.45) is 4.81. The van der Waals surface area contributed by atoms with Crippen molar-refractivity contribution >= 4 is 11.9 Å². The molecule has 0 bridgehead atoms. The summed E-state index contributed by atoms with van der Waals surface area (Å²) in [7, 11) is 0. The van der Waals surface area contributed by atoms with Crippen molar-refractivity contribution in [2.75, 3.05) is 24.5 Å². The molecule has 2 aliphatic carbocycles. The van der Waals surface area contributed by atoms with E-state index in [0.717, 1.165) is 31.7 Å². The van der Waals surface area contributed by atoms with Gasteiger partial charge in [-0.3, -0.25) is 4.79 Å². The molecule has 6 nitrogen and oxygen atoms in total. The van der Waals surface area contributed by atoms with Gasteiger partial charge in [0.1, 0.15) is 0 Å². The summed E-state index contributed by atoms with van der Waals surface area (Å²) < 4.78 is 13.2. The lowest BCUT2D eigenvalue weighted by Gasteiger charge is -2.24. The summed E-state index contributed by atoms with van der Waals surface area (Å²) in [5, 5.41) is 14.2. The predicted octanol–water partition coefficient (Wildman–Crippen LogP) is 2.11. The predicted molar refractivity (Wildman–Crippen MR) is 106 cm³/mol. The molecule has 0 radical (unpaired) electrons. The van der Waals surface area contributed by atoms with Crippen molar-refractivity contribution < 1.29 is 14.3 Å². The Morgan fingerprint density at radius 1 is 1.24 bits per heavy atom. The number of carbonyl (C=O) groups is 1. The van der Waals surface area contributed by atoms with Crippen LogP contribution in [0.4, 0.5) is 10.3 Å². The summed E-state index contributed by atoms with van der Waals surface area (Å²) in [4.78, 5) is 22.5. The Kier molecular flexibility index (Phi) is 4.50. The maximum atomic E-state index is 13.2. The highest BCUT2D eigenvalue weighted by molar-refractivity contribution is 5.79. The zero-order chi connectivity index (χ0) is 20.0. The second-order valence-corrected chi connectivity index (χ2v) is 8.58. The van der Waals surface area contributed by atoms with Gasteiger partial charge in [-0.1, -0.05) is 36.8 Å². The number of anilines is 1. The zero-order valence-electron chi connectivity index (χ0n) is 16.2. The average Bonchev–Trinajstić information content (AvgIpc) is 3.20. The second-order valence-electron chi connectivity index (χ2n) is 8.58. The number of hydrogen-bond donors (Lipinski definition) is 2. The van der Waals surface area contributed by atoms with Crippen LogP contribution in [0.5, 0.6) is 0 Å². The van der Waals surface area contributed by atoms with Crippen molar-refractivity contribution in [3.8, 4) is 0 Å². The van der Waals surface area contributed by atoms with Crippen LogP contribution in [0, 0.1) is 23.1 Å². The molecular weight excluding hydrogens is 371 g/mol. The minimum atomic E-state index is -0.563. The molecule has 29 heavy (non-hydrogen) atoms.